The summed E-state index contributed by atoms with van der Waals surface area (Å²) >= 11 is 0. The van der Waals surface area contributed by atoms with Crippen LogP contribution in [0.2, 0.25) is 0 Å². The molecule has 0 aromatic rings. The van der Waals surface area contributed by atoms with Gasteiger partial charge in [-0.1, -0.05) is 12.3 Å². The van der Waals surface area contributed by atoms with E-state index in [0.29, 0.717) is 6.04 Å². The van der Waals surface area contributed by atoms with E-state index < -0.39 is 0 Å². The molecule has 5 nitrogen and oxygen atoms in total. The second-order valence-corrected chi connectivity index (χ2v) is 5.37. The molecule has 3 N–H and O–H groups in total. The summed E-state index contributed by atoms with van der Waals surface area (Å²) in [5.41, 5.74) is 0. The molecular formula is C14H21N3O2. The maximum Gasteiger partial charge on any atom is 0.315 e. The molecule has 5 heteroatoms. The minimum atomic E-state index is -0.244. The van der Waals surface area contributed by atoms with Gasteiger partial charge in [-0.05, 0) is 32.1 Å². The first kappa shape index (κ1) is 13.7. The van der Waals surface area contributed by atoms with Crippen LogP contribution in [0.15, 0.2) is 0 Å². The molecule has 2 saturated carbocycles. The minimum Gasteiger partial charge on any atom is -0.353 e. The molecule has 0 unspecified atom stereocenters. The molecular weight excluding hydrogens is 242 g/mol. The predicted molar refractivity (Wildman–Crippen MR) is 72.3 cm³/mol. The van der Waals surface area contributed by atoms with Crippen LogP contribution >= 0.6 is 0 Å². The van der Waals surface area contributed by atoms with Gasteiger partial charge < -0.3 is 16.0 Å². The lowest BCUT2D eigenvalue weighted by Gasteiger charge is -2.29. The summed E-state index contributed by atoms with van der Waals surface area (Å²) in [6.45, 7) is 0.226. The summed E-state index contributed by atoms with van der Waals surface area (Å²) in [7, 11) is 0. The van der Waals surface area contributed by atoms with Crippen molar-refractivity contribution in [1.29, 1.82) is 0 Å². The van der Waals surface area contributed by atoms with Crippen molar-refractivity contribution in [3.63, 3.8) is 0 Å². The number of rotatable bonds is 4. The molecule has 0 radical (unpaired) electrons. The Hall–Kier alpha value is -1.70. The van der Waals surface area contributed by atoms with Crippen LogP contribution in [0.5, 0.6) is 0 Å². The first-order valence-electron chi connectivity index (χ1n) is 6.97. The number of nitrogens with one attached hydrogen (secondary N) is 3. The number of hydrogen-bond donors (Lipinski definition) is 3. The first-order chi connectivity index (χ1) is 9.19. The van der Waals surface area contributed by atoms with E-state index in [-0.39, 0.29) is 30.4 Å². The van der Waals surface area contributed by atoms with Crippen molar-refractivity contribution in [2.24, 2.45) is 5.92 Å². The standard InChI is InChI=1S/C14H21N3O2/c1-2-8-15-14(19)17-12-5-3-4-10(9-12)13(18)16-11-6-7-11/h1,10-12H,3-9H2,(H,16,18)(H2,15,17,19)/t10-,12-/m1/s1. The zero-order valence-corrected chi connectivity index (χ0v) is 11.1. The molecule has 2 aliphatic carbocycles. The van der Waals surface area contributed by atoms with Gasteiger partial charge in [0.1, 0.15) is 0 Å². The normalized spacial score (nSPS) is 26.1. The van der Waals surface area contributed by atoms with Crippen molar-refractivity contribution in [2.75, 3.05) is 6.54 Å². The molecule has 2 atom stereocenters. The van der Waals surface area contributed by atoms with Crippen molar-refractivity contribution in [1.82, 2.24) is 16.0 Å². The molecule has 0 aliphatic heterocycles. The number of urea groups is 1. The van der Waals surface area contributed by atoms with Gasteiger partial charge in [-0.25, -0.2) is 4.79 Å². The fourth-order valence-corrected chi connectivity index (χ4v) is 2.47. The molecule has 0 aromatic heterocycles. The van der Waals surface area contributed by atoms with Crippen LogP contribution in [-0.4, -0.2) is 30.6 Å². The van der Waals surface area contributed by atoms with Crippen molar-refractivity contribution < 1.29 is 9.59 Å². The third-order valence-corrected chi connectivity index (χ3v) is 3.65. The second kappa shape index (κ2) is 6.46. The molecule has 19 heavy (non-hydrogen) atoms. The lowest BCUT2D eigenvalue weighted by molar-refractivity contribution is -0.126. The quantitative estimate of drug-likeness (QED) is 0.655. The topological polar surface area (TPSA) is 70.2 Å². The van der Waals surface area contributed by atoms with Gasteiger partial charge in [-0.2, -0.15) is 0 Å². The molecule has 0 saturated heterocycles. The summed E-state index contributed by atoms with van der Waals surface area (Å²) in [5.74, 6) is 2.54. The van der Waals surface area contributed by atoms with Gasteiger partial charge >= 0.3 is 6.03 Å². The van der Waals surface area contributed by atoms with E-state index in [1.165, 1.54) is 0 Å². The van der Waals surface area contributed by atoms with Crippen LogP contribution in [0.3, 0.4) is 0 Å². The van der Waals surface area contributed by atoms with E-state index >= 15 is 0 Å². The van der Waals surface area contributed by atoms with E-state index in [2.05, 4.69) is 21.9 Å². The lowest BCUT2D eigenvalue weighted by atomic mass is 9.85. The van der Waals surface area contributed by atoms with Gasteiger partial charge in [0.25, 0.3) is 0 Å². The number of amides is 3. The van der Waals surface area contributed by atoms with E-state index in [4.69, 9.17) is 6.42 Å². The lowest BCUT2D eigenvalue weighted by Crippen LogP contribution is -2.46. The van der Waals surface area contributed by atoms with Crippen molar-refractivity contribution in [3.8, 4) is 12.3 Å². The van der Waals surface area contributed by atoms with E-state index in [9.17, 15) is 9.59 Å². The Morgan fingerprint density at radius 1 is 1.11 bits per heavy atom. The smallest absolute Gasteiger partial charge is 0.315 e. The highest BCUT2D eigenvalue weighted by Gasteiger charge is 2.31. The highest BCUT2D eigenvalue weighted by Crippen LogP contribution is 2.26. The van der Waals surface area contributed by atoms with Gasteiger partial charge in [0.05, 0.1) is 6.54 Å². The number of terminal acetylenes is 1. The van der Waals surface area contributed by atoms with Crippen LogP contribution in [0.25, 0.3) is 0 Å². The van der Waals surface area contributed by atoms with Gasteiger partial charge in [-0.15, -0.1) is 6.42 Å². The third kappa shape index (κ3) is 4.47. The summed E-state index contributed by atoms with van der Waals surface area (Å²) in [6, 6.07) is 0.229. The van der Waals surface area contributed by atoms with Crippen LogP contribution in [-0.2, 0) is 4.79 Å². The molecule has 0 spiro atoms. The van der Waals surface area contributed by atoms with Crippen molar-refractivity contribution in [3.05, 3.63) is 0 Å². The van der Waals surface area contributed by atoms with E-state index in [1.54, 1.807) is 0 Å². The summed E-state index contributed by atoms with van der Waals surface area (Å²) in [4.78, 5) is 23.5. The minimum absolute atomic E-state index is 0.0345. The molecule has 104 valence electrons. The molecule has 2 aliphatic rings. The predicted octanol–water partition coefficient (Wildman–Crippen LogP) is 0.756. The Morgan fingerprint density at radius 2 is 1.89 bits per heavy atom. The maximum atomic E-state index is 12.0. The van der Waals surface area contributed by atoms with Crippen LogP contribution < -0.4 is 16.0 Å². The molecule has 2 rings (SSSR count). The number of carbonyl (C=O) groups is 2. The second-order valence-electron chi connectivity index (χ2n) is 5.37. The van der Waals surface area contributed by atoms with Gasteiger partial charge in [-0.3, -0.25) is 4.79 Å². The first-order valence-corrected chi connectivity index (χ1v) is 6.97. The Labute approximate surface area is 113 Å². The molecule has 0 heterocycles. The largest absolute Gasteiger partial charge is 0.353 e. The fraction of sp³-hybridized carbons (Fsp3) is 0.714. The van der Waals surface area contributed by atoms with Crippen LogP contribution in [0.1, 0.15) is 38.5 Å². The average molecular weight is 263 g/mol. The Balaban J connectivity index is 1.74. The van der Waals surface area contributed by atoms with Crippen LogP contribution in [0, 0.1) is 18.3 Å². The fourth-order valence-electron chi connectivity index (χ4n) is 2.47. The Morgan fingerprint density at radius 3 is 2.58 bits per heavy atom. The molecule has 0 aromatic carbocycles. The van der Waals surface area contributed by atoms with Gasteiger partial charge in [0, 0.05) is 18.0 Å². The van der Waals surface area contributed by atoms with Crippen molar-refractivity contribution >= 4 is 11.9 Å². The average Bonchev–Trinajstić information content (AvgIpc) is 3.20. The Bertz CT molecular complexity index is 385. The summed E-state index contributed by atoms with van der Waals surface area (Å²) in [5, 5.41) is 8.50. The molecule has 3 amide bonds. The monoisotopic (exact) mass is 263 g/mol. The maximum absolute atomic E-state index is 12.0. The zero-order chi connectivity index (χ0) is 13.7. The highest BCUT2D eigenvalue weighted by atomic mass is 16.2. The highest BCUT2D eigenvalue weighted by molar-refractivity contribution is 5.79. The van der Waals surface area contributed by atoms with E-state index in [0.717, 1.165) is 38.5 Å². The number of carbonyl (C=O) groups excluding carboxylic acids is 2. The molecule has 2 fully saturated rings. The molecule has 0 bridgehead atoms. The van der Waals surface area contributed by atoms with Crippen molar-refractivity contribution in [2.45, 2.75) is 50.6 Å². The SMILES string of the molecule is C#CCNC(=O)N[C@@H]1CCC[C@@H](C(=O)NC2CC2)C1. The number of hydrogen-bond acceptors (Lipinski definition) is 2. The van der Waals surface area contributed by atoms with Crippen LogP contribution in [0.4, 0.5) is 4.79 Å². The Kier molecular flexibility index (Phi) is 4.67. The summed E-state index contributed by atoms with van der Waals surface area (Å²) < 4.78 is 0. The zero-order valence-electron chi connectivity index (χ0n) is 11.1. The third-order valence-electron chi connectivity index (χ3n) is 3.65. The van der Waals surface area contributed by atoms with E-state index in [1.807, 2.05) is 0 Å². The summed E-state index contributed by atoms with van der Waals surface area (Å²) in [6.07, 6.45) is 10.8. The van der Waals surface area contributed by atoms with Gasteiger partial charge in [0.15, 0.2) is 0 Å². The van der Waals surface area contributed by atoms with Gasteiger partial charge in [0.2, 0.25) is 5.91 Å².